The Morgan fingerprint density at radius 3 is 3.00 bits per heavy atom. The van der Waals surface area contributed by atoms with E-state index in [1.54, 1.807) is 6.08 Å². The summed E-state index contributed by atoms with van der Waals surface area (Å²) < 4.78 is 0. The quantitative estimate of drug-likeness (QED) is 0.481. The highest BCUT2D eigenvalue weighted by Gasteiger charge is 2.43. The molecule has 2 atom stereocenters. The van der Waals surface area contributed by atoms with Crippen LogP contribution in [0.25, 0.3) is 0 Å². The zero-order valence-corrected chi connectivity index (χ0v) is 6.92. The maximum atomic E-state index is 11.3. The van der Waals surface area contributed by atoms with Crippen molar-refractivity contribution in [1.29, 1.82) is 0 Å². The van der Waals surface area contributed by atoms with Crippen LogP contribution in [0.2, 0.25) is 0 Å². The summed E-state index contributed by atoms with van der Waals surface area (Å²) in [5.74, 6) is 0.459. The molecule has 0 aromatic rings. The van der Waals surface area contributed by atoms with E-state index in [2.05, 4.69) is 26.0 Å². The number of ketones is 1. The lowest BCUT2D eigenvalue weighted by Crippen LogP contribution is -2.21. The van der Waals surface area contributed by atoms with E-state index in [0.717, 1.165) is 6.42 Å². The number of rotatable bonds is 0. The van der Waals surface area contributed by atoms with Gasteiger partial charge in [-0.2, -0.15) is 0 Å². The average molecular weight is 148 g/mol. The van der Waals surface area contributed by atoms with Crippen molar-refractivity contribution in [2.45, 2.75) is 20.3 Å². The standard InChI is InChI=1S/C10H12O/c1-7-3-5-10(2)6-4-8(11)9(7)10/h3-4,6,9H,5H2,1-2H3/t9-,10+/m1/s1. The molecule has 1 heteroatoms. The molecular weight excluding hydrogens is 136 g/mol. The summed E-state index contributed by atoms with van der Waals surface area (Å²) in [7, 11) is 0. The van der Waals surface area contributed by atoms with E-state index in [4.69, 9.17) is 0 Å². The van der Waals surface area contributed by atoms with E-state index >= 15 is 0 Å². The van der Waals surface area contributed by atoms with Gasteiger partial charge < -0.3 is 0 Å². The summed E-state index contributed by atoms with van der Waals surface area (Å²) in [5.41, 5.74) is 1.38. The van der Waals surface area contributed by atoms with Crippen molar-refractivity contribution in [2.75, 3.05) is 0 Å². The van der Waals surface area contributed by atoms with Gasteiger partial charge in [0, 0.05) is 5.41 Å². The monoisotopic (exact) mass is 148 g/mol. The third-order valence-corrected chi connectivity index (χ3v) is 2.89. The van der Waals surface area contributed by atoms with Gasteiger partial charge in [-0.15, -0.1) is 0 Å². The van der Waals surface area contributed by atoms with Crippen LogP contribution >= 0.6 is 0 Å². The van der Waals surface area contributed by atoms with Crippen molar-refractivity contribution in [1.82, 2.24) is 0 Å². The second-order valence-corrected chi connectivity index (χ2v) is 3.83. The molecule has 2 rings (SSSR count). The molecule has 58 valence electrons. The third-order valence-electron chi connectivity index (χ3n) is 2.89. The molecular formula is C10H12O. The summed E-state index contributed by atoms with van der Waals surface area (Å²) in [6.45, 7) is 4.22. The molecule has 1 nitrogen and oxygen atoms in total. The summed E-state index contributed by atoms with van der Waals surface area (Å²) >= 11 is 0. The summed E-state index contributed by atoms with van der Waals surface area (Å²) in [5, 5.41) is 0. The molecule has 0 radical (unpaired) electrons. The van der Waals surface area contributed by atoms with Crippen LogP contribution in [0.5, 0.6) is 0 Å². The van der Waals surface area contributed by atoms with E-state index in [9.17, 15) is 4.79 Å². The Kier molecular flexibility index (Phi) is 1.15. The Labute approximate surface area is 66.8 Å². The van der Waals surface area contributed by atoms with Gasteiger partial charge in [0.15, 0.2) is 5.78 Å². The summed E-state index contributed by atoms with van der Waals surface area (Å²) in [4.78, 5) is 11.3. The van der Waals surface area contributed by atoms with E-state index in [1.165, 1.54) is 5.57 Å². The molecule has 0 saturated carbocycles. The van der Waals surface area contributed by atoms with E-state index in [1.807, 2.05) is 0 Å². The Bertz CT molecular complexity index is 271. The van der Waals surface area contributed by atoms with Gasteiger partial charge in [0.25, 0.3) is 0 Å². The first kappa shape index (κ1) is 6.84. The molecule has 2 aliphatic carbocycles. The molecule has 11 heavy (non-hydrogen) atoms. The highest BCUT2D eigenvalue weighted by Crippen LogP contribution is 2.47. The molecule has 0 unspecified atom stereocenters. The molecule has 0 aromatic carbocycles. The van der Waals surface area contributed by atoms with Crippen molar-refractivity contribution < 1.29 is 4.79 Å². The van der Waals surface area contributed by atoms with Gasteiger partial charge in [0.1, 0.15) is 0 Å². The molecule has 0 bridgehead atoms. The molecule has 2 aliphatic rings. The minimum Gasteiger partial charge on any atom is -0.294 e. The first-order valence-corrected chi connectivity index (χ1v) is 4.03. The Hall–Kier alpha value is -0.850. The lowest BCUT2D eigenvalue weighted by Gasteiger charge is -2.22. The highest BCUT2D eigenvalue weighted by molar-refractivity contribution is 5.97. The molecule has 0 aromatic heterocycles. The second-order valence-electron chi connectivity index (χ2n) is 3.83. The Morgan fingerprint density at radius 2 is 2.36 bits per heavy atom. The average Bonchev–Trinajstić information content (AvgIpc) is 2.38. The van der Waals surface area contributed by atoms with Gasteiger partial charge in [-0.1, -0.05) is 24.6 Å². The molecule has 0 aliphatic heterocycles. The third kappa shape index (κ3) is 0.740. The van der Waals surface area contributed by atoms with Crippen molar-refractivity contribution in [2.24, 2.45) is 11.3 Å². The fourth-order valence-corrected chi connectivity index (χ4v) is 2.22. The predicted molar refractivity (Wildman–Crippen MR) is 44.1 cm³/mol. The topological polar surface area (TPSA) is 17.1 Å². The predicted octanol–water partition coefficient (Wildman–Crippen LogP) is 2.10. The van der Waals surface area contributed by atoms with Gasteiger partial charge >= 0.3 is 0 Å². The number of hydrogen-bond donors (Lipinski definition) is 0. The van der Waals surface area contributed by atoms with Crippen LogP contribution in [-0.2, 0) is 4.79 Å². The first-order chi connectivity index (χ1) is 5.13. The smallest absolute Gasteiger partial charge is 0.163 e. The maximum Gasteiger partial charge on any atom is 0.163 e. The Balaban J connectivity index is 2.43. The molecule has 0 spiro atoms. The minimum absolute atomic E-state index is 0.126. The molecule has 0 fully saturated rings. The van der Waals surface area contributed by atoms with Crippen LogP contribution in [-0.4, -0.2) is 5.78 Å². The number of fused-ring (bicyclic) bond motifs is 1. The van der Waals surface area contributed by atoms with Gasteiger partial charge in [-0.3, -0.25) is 4.79 Å². The molecule has 0 N–H and O–H groups in total. The normalized spacial score (nSPS) is 41.1. The number of allylic oxidation sites excluding steroid dienone is 4. The maximum absolute atomic E-state index is 11.3. The second kappa shape index (κ2) is 1.84. The van der Waals surface area contributed by atoms with Crippen LogP contribution in [0.1, 0.15) is 20.3 Å². The van der Waals surface area contributed by atoms with Gasteiger partial charge in [-0.25, -0.2) is 0 Å². The highest BCUT2D eigenvalue weighted by atomic mass is 16.1. The first-order valence-electron chi connectivity index (χ1n) is 4.03. The number of carbonyl (C=O) groups excluding carboxylic acids is 1. The van der Waals surface area contributed by atoms with Crippen LogP contribution in [0.15, 0.2) is 23.8 Å². The zero-order chi connectivity index (χ0) is 8.06. The summed E-state index contributed by atoms with van der Waals surface area (Å²) in [6.07, 6.45) is 7.02. The Morgan fingerprint density at radius 1 is 1.64 bits per heavy atom. The number of hydrogen-bond acceptors (Lipinski definition) is 1. The fourth-order valence-electron chi connectivity index (χ4n) is 2.22. The van der Waals surface area contributed by atoms with Gasteiger partial charge in [0.2, 0.25) is 0 Å². The van der Waals surface area contributed by atoms with Crippen LogP contribution in [0.3, 0.4) is 0 Å². The van der Waals surface area contributed by atoms with Crippen molar-refractivity contribution in [3.63, 3.8) is 0 Å². The van der Waals surface area contributed by atoms with Crippen molar-refractivity contribution in [3.05, 3.63) is 23.8 Å². The van der Waals surface area contributed by atoms with Crippen molar-refractivity contribution in [3.8, 4) is 0 Å². The SMILES string of the molecule is CC1=CC[C@@]2(C)C=CC(=O)[C@@H]12. The van der Waals surface area contributed by atoms with Crippen molar-refractivity contribution >= 4 is 5.78 Å². The van der Waals surface area contributed by atoms with Gasteiger partial charge in [-0.05, 0) is 19.4 Å². The number of carbonyl (C=O) groups is 1. The van der Waals surface area contributed by atoms with Crippen LogP contribution in [0.4, 0.5) is 0 Å². The lowest BCUT2D eigenvalue weighted by atomic mass is 9.80. The molecule has 0 amide bonds. The van der Waals surface area contributed by atoms with Crippen LogP contribution in [0, 0.1) is 11.3 Å². The molecule has 0 heterocycles. The van der Waals surface area contributed by atoms with Crippen LogP contribution < -0.4 is 0 Å². The lowest BCUT2D eigenvalue weighted by molar-refractivity contribution is -0.117. The van der Waals surface area contributed by atoms with E-state index < -0.39 is 0 Å². The largest absolute Gasteiger partial charge is 0.294 e. The van der Waals surface area contributed by atoms with Gasteiger partial charge in [0.05, 0.1) is 5.92 Å². The zero-order valence-electron chi connectivity index (χ0n) is 6.92. The fraction of sp³-hybridized carbons (Fsp3) is 0.500. The minimum atomic E-state index is 0.126. The summed E-state index contributed by atoms with van der Waals surface area (Å²) in [6, 6.07) is 0. The van der Waals surface area contributed by atoms with E-state index in [0.29, 0.717) is 5.78 Å². The molecule has 0 saturated heterocycles. The van der Waals surface area contributed by atoms with E-state index in [-0.39, 0.29) is 11.3 Å².